The van der Waals surface area contributed by atoms with Crippen LogP contribution in [0.15, 0.2) is 24.3 Å². The van der Waals surface area contributed by atoms with Crippen LogP contribution < -0.4 is 16.0 Å². The smallest absolute Gasteiger partial charge is 0.221 e. The lowest BCUT2D eigenvalue weighted by Crippen LogP contribution is -2.35. The Kier molecular flexibility index (Phi) is 7.09. The molecule has 0 saturated carbocycles. The Bertz CT molecular complexity index is 418. The molecule has 0 atom stereocenters. The molecule has 0 aliphatic rings. The van der Waals surface area contributed by atoms with Gasteiger partial charge in [0.15, 0.2) is 0 Å². The van der Waals surface area contributed by atoms with Crippen molar-refractivity contribution in [3.05, 3.63) is 29.8 Å². The predicted octanol–water partition coefficient (Wildman–Crippen LogP) is 2.06. The van der Waals surface area contributed by atoms with Crippen LogP contribution in [-0.2, 0) is 4.79 Å². The van der Waals surface area contributed by atoms with E-state index < -0.39 is 0 Å². The van der Waals surface area contributed by atoms with Gasteiger partial charge in [0.2, 0.25) is 5.91 Å². The zero-order chi connectivity index (χ0) is 15.0. The highest BCUT2D eigenvalue weighted by molar-refractivity contribution is 5.76. The highest BCUT2D eigenvalue weighted by Gasteiger charge is 2.10. The van der Waals surface area contributed by atoms with Gasteiger partial charge in [0.05, 0.1) is 0 Å². The number of hydrogen-bond donors (Lipinski definition) is 2. The number of nitrogens with two attached hydrogens (primary N) is 1. The lowest BCUT2D eigenvalue weighted by atomic mass is 10.2. The third-order valence-electron chi connectivity index (χ3n) is 3.06. The Labute approximate surface area is 122 Å². The Morgan fingerprint density at radius 1 is 1.35 bits per heavy atom. The van der Waals surface area contributed by atoms with Crippen molar-refractivity contribution in [1.29, 1.82) is 0 Å². The summed E-state index contributed by atoms with van der Waals surface area (Å²) in [7, 11) is 0. The summed E-state index contributed by atoms with van der Waals surface area (Å²) in [5.74, 6) is 0.102. The van der Waals surface area contributed by atoms with Crippen LogP contribution in [0.4, 0.5) is 5.69 Å². The molecule has 0 aliphatic carbocycles. The van der Waals surface area contributed by atoms with E-state index in [1.54, 1.807) is 0 Å². The van der Waals surface area contributed by atoms with Gasteiger partial charge in [0, 0.05) is 31.2 Å². The second-order valence-corrected chi connectivity index (χ2v) is 5.44. The Hall–Kier alpha value is -1.55. The largest absolute Gasteiger partial charge is 0.371 e. The highest BCUT2D eigenvalue weighted by atomic mass is 16.1. The number of rotatable bonds is 8. The first kappa shape index (κ1) is 16.5. The molecule has 0 aromatic heterocycles. The normalized spacial score (nSPS) is 10.7. The average molecular weight is 277 g/mol. The van der Waals surface area contributed by atoms with Crippen molar-refractivity contribution in [3.8, 4) is 0 Å². The summed E-state index contributed by atoms with van der Waals surface area (Å²) in [6, 6.07) is 8.56. The van der Waals surface area contributed by atoms with Gasteiger partial charge in [-0.1, -0.05) is 12.1 Å². The minimum atomic E-state index is 0.102. The molecule has 1 aromatic carbocycles. The van der Waals surface area contributed by atoms with Crippen LogP contribution in [0.25, 0.3) is 0 Å². The van der Waals surface area contributed by atoms with Gasteiger partial charge in [-0.15, -0.1) is 0 Å². The van der Waals surface area contributed by atoms with Gasteiger partial charge in [-0.05, 0) is 51.4 Å². The zero-order valence-electron chi connectivity index (χ0n) is 12.9. The molecule has 0 bridgehead atoms. The number of nitrogens with zero attached hydrogens (tertiary/aromatic N) is 1. The molecular weight excluding hydrogens is 250 g/mol. The fourth-order valence-electron chi connectivity index (χ4n) is 2.11. The standard InChI is InChI=1S/C16H27N3O/c1-13(2)18-16(20)8-11-19(10-5-9-17)15-7-4-6-14(3)12-15/h4,6-7,12-13H,5,8-11,17H2,1-3H3,(H,18,20). The molecule has 0 unspecified atom stereocenters. The molecule has 4 nitrogen and oxygen atoms in total. The molecule has 112 valence electrons. The second kappa shape index (κ2) is 8.59. The number of benzene rings is 1. The third kappa shape index (κ3) is 6.06. The molecule has 0 radical (unpaired) electrons. The topological polar surface area (TPSA) is 58.4 Å². The van der Waals surface area contributed by atoms with Gasteiger partial charge in [-0.2, -0.15) is 0 Å². The molecule has 0 fully saturated rings. The first-order valence-corrected chi connectivity index (χ1v) is 7.34. The fourth-order valence-corrected chi connectivity index (χ4v) is 2.11. The molecule has 20 heavy (non-hydrogen) atoms. The van der Waals surface area contributed by atoms with Crippen LogP contribution in [0, 0.1) is 6.92 Å². The van der Waals surface area contributed by atoms with Gasteiger partial charge in [-0.25, -0.2) is 0 Å². The van der Waals surface area contributed by atoms with E-state index in [-0.39, 0.29) is 11.9 Å². The Morgan fingerprint density at radius 2 is 2.10 bits per heavy atom. The molecule has 0 heterocycles. The van der Waals surface area contributed by atoms with E-state index in [0.717, 1.165) is 25.2 Å². The van der Waals surface area contributed by atoms with Crippen molar-refractivity contribution >= 4 is 11.6 Å². The minimum Gasteiger partial charge on any atom is -0.371 e. The van der Waals surface area contributed by atoms with Crippen molar-refractivity contribution in [2.45, 2.75) is 39.7 Å². The number of amides is 1. The maximum atomic E-state index is 11.8. The van der Waals surface area contributed by atoms with Crippen molar-refractivity contribution < 1.29 is 4.79 Å². The fraction of sp³-hybridized carbons (Fsp3) is 0.562. The quantitative estimate of drug-likeness (QED) is 0.765. The maximum Gasteiger partial charge on any atom is 0.221 e. The Morgan fingerprint density at radius 3 is 2.70 bits per heavy atom. The molecule has 3 N–H and O–H groups in total. The summed E-state index contributed by atoms with van der Waals surface area (Å²) in [5, 5.41) is 2.93. The number of hydrogen-bond acceptors (Lipinski definition) is 3. The van der Waals surface area contributed by atoms with E-state index in [4.69, 9.17) is 5.73 Å². The van der Waals surface area contributed by atoms with Crippen LogP contribution in [-0.4, -0.2) is 31.6 Å². The van der Waals surface area contributed by atoms with E-state index in [1.807, 2.05) is 19.9 Å². The molecule has 0 saturated heterocycles. The summed E-state index contributed by atoms with van der Waals surface area (Å²) in [6.45, 7) is 8.31. The van der Waals surface area contributed by atoms with Crippen molar-refractivity contribution in [3.63, 3.8) is 0 Å². The zero-order valence-corrected chi connectivity index (χ0v) is 12.9. The first-order valence-electron chi connectivity index (χ1n) is 7.34. The van der Waals surface area contributed by atoms with E-state index in [9.17, 15) is 4.79 Å². The number of carbonyl (C=O) groups excluding carboxylic acids is 1. The second-order valence-electron chi connectivity index (χ2n) is 5.44. The number of carbonyl (C=O) groups is 1. The number of aryl methyl sites for hydroxylation is 1. The van der Waals surface area contributed by atoms with Crippen molar-refractivity contribution in [2.24, 2.45) is 5.73 Å². The molecule has 1 rings (SSSR count). The minimum absolute atomic E-state index is 0.102. The number of nitrogens with one attached hydrogen (secondary N) is 1. The summed E-state index contributed by atoms with van der Waals surface area (Å²) in [5.41, 5.74) is 7.99. The van der Waals surface area contributed by atoms with Gasteiger partial charge in [0.25, 0.3) is 0 Å². The summed E-state index contributed by atoms with van der Waals surface area (Å²) >= 11 is 0. The molecule has 1 aromatic rings. The van der Waals surface area contributed by atoms with Gasteiger partial charge < -0.3 is 16.0 Å². The lowest BCUT2D eigenvalue weighted by Gasteiger charge is -2.25. The number of anilines is 1. The van der Waals surface area contributed by atoms with E-state index in [0.29, 0.717) is 13.0 Å². The Balaban J connectivity index is 2.62. The van der Waals surface area contributed by atoms with Crippen LogP contribution in [0.2, 0.25) is 0 Å². The molecule has 0 spiro atoms. The third-order valence-corrected chi connectivity index (χ3v) is 3.06. The van der Waals surface area contributed by atoms with E-state index in [1.165, 1.54) is 5.56 Å². The lowest BCUT2D eigenvalue weighted by molar-refractivity contribution is -0.121. The summed E-state index contributed by atoms with van der Waals surface area (Å²) in [6.07, 6.45) is 1.44. The van der Waals surface area contributed by atoms with E-state index in [2.05, 4.69) is 35.3 Å². The average Bonchev–Trinajstić information content (AvgIpc) is 2.38. The van der Waals surface area contributed by atoms with Crippen LogP contribution in [0.3, 0.4) is 0 Å². The first-order chi connectivity index (χ1) is 9.52. The van der Waals surface area contributed by atoms with Gasteiger partial charge in [-0.3, -0.25) is 4.79 Å². The monoisotopic (exact) mass is 277 g/mol. The van der Waals surface area contributed by atoms with Crippen LogP contribution >= 0.6 is 0 Å². The predicted molar refractivity (Wildman–Crippen MR) is 85.0 cm³/mol. The maximum absolute atomic E-state index is 11.8. The molecule has 4 heteroatoms. The molecule has 1 amide bonds. The highest BCUT2D eigenvalue weighted by Crippen LogP contribution is 2.16. The van der Waals surface area contributed by atoms with Crippen LogP contribution in [0.1, 0.15) is 32.3 Å². The summed E-state index contributed by atoms with van der Waals surface area (Å²) in [4.78, 5) is 14.0. The van der Waals surface area contributed by atoms with Crippen molar-refractivity contribution in [1.82, 2.24) is 5.32 Å². The summed E-state index contributed by atoms with van der Waals surface area (Å²) < 4.78 is 0. The van der Waals surface area contributed by atoms with Gasteiger partial charge >= 0.3 is 0 Å². The van der Waals surface area contributed by atoms with Crippen LogP contribution in [0.5, 0.6) is 0 Å². The van der Waals surface area contributed by atoms with E-state index >= 15 is 0 Å². The molecular formula is C16H27N3O. The van der Waals surface area contributed by atoms with Gasteiger partial charge in [0.1, 0.15) is 0 Å². The molecule has 0 aliphatic heterocycles. The van der Waals surface area contributed by atoms with Crippen molar-refractivity contribution in [2.75, 3.05) is 24.5 Å². The SMILES string of the molecule is Cc1cccc(N(CCCN)CCC(=O)NC(C)C)c1.